The number of rotatable bonds is 0. The van der Waals surface area contributed by atoms with Crippen LogP contribution in [0.4, 0.5) is 0 Å². The van der Waals surface area contributed by atoms with Crippen LogP contribution in [0.5, 0.6) is 0 Å². The third-order valence-electron chi connectivity index (χ3n) is 2.59. The Balaban J connectivity index is 0.000000200. The van der Waals surface area contributed by atoms with Crippen molar-refractivity contribution in [3.8, 4) is 0 Å². The molecule has 2 heterocycles. The lowest BCUT2D eigenvalue weighted by molar-refractivity contribution is 0.545. The van der Waals surface area contributed by atoms with Gasteiger partial charge in [0.15, 0.2) is 0 Å². The van der Waals surface area contributed by atoms with Crippen LogP contribution in [-0.2, 0) is 10.8 Å². The van der Waals surface area contributed by atoms with Gasteiger partial charge in [0, 0.05) is 35.1 Å². The highest BCUT2D eigenvalue weighted by Crippen LogP contribution is 2.17. The lowest BCUT2D eigenvalue weighted by atomic mass is 9.92. The molecular formula is C16H24N4. The van der Waals surface area contributed by atoms with Crippen LogP contribution in [-0.4, -0.2) is 19.9 Å². The van der Waals surface area contributed by atoms with Crippen LogP contribution in [0.2, 0.25) is 0 Å². The molecule has 0 aliphatic carbocycles. The van der Waals surface area contributed by atoms with Crippen molar-refractivity contribution < 1.29 is 0 Å². The van der Waals surface area contributed by atoms with Gasteiger partial charge in [0.1, 0.15) is 12.2 Å². The predicted molar refractivity (Wildman–Crippen MR) is 81.5 cm³/mol. The summed E-state index contributed by atoms with van der Waals surface area (Å²) in [4.78, 5) is 16.3. The lowest BCUT2D eigenvalue weighted by Crippen LogP contribution is -2.14. The zero-order valence-corrected chi connectivity index (χ0v) is 13.3. The quantitative estimate of drug-likeness (QED) is 0.736. The van der Waals surface area contributed by atoms with E-state index in [0.29, 0.717) is 0 Å². The van der Waals surface area contributed by atoms with E-state index in [2.05, 4.69) is 61.5 Å². The van der Waals surface area contributed by atoms with E-state index >= 15 is 0 Å². The normalized spacial score (nSPS) is 11.5. The van der Waals surface area contributed by atoms with E-state index in [9.17, 15) is 0 Å². The van der Waals surface area contributed by atoms with Crippen LogP contribution in [0.15, 0.2) is 37.1 Å². The van der Waals surface area contributed by atoms with Crippen molar-refractivity contribution in [1.82, 2.24) is 19.9 Å². The zero-order valence-electron chi connectivity index (χ0n) is 13.3. The van der Waals surface area contributed by atoms with E-state index < -0.39 is 0 Å². The molecule has 0 radical (unpaired) electrons. The molecule has 0 spiro atoms. The van der Waals surface area contributed by atoms with Gasteiger partial charge >= 0.3 is 0 Å². The molecule has 2 aromatic heterocycles. The van der Waals surface area contributed by atoms with Crippen molar-refractivity contribution in [2.75, 3.05) is 0 Å². The van der Waals surface area contributed by atoms with Crippen molar-refractivity contribution in [3.05, 3.63) is 48.6 Å². The molecule has 4 heteroatoms. The molecule has 0 unspecified atom stereocenters. The summed E-state index contributed by atoms with van der Waals surface area (Å²) in [6.45, 7) is 12.7. The van der Waals surface area contributed by atoms with Gasteiger partial charge in [-0.3, -0.25) is 0 Å². The Morgan fingerprint density at radius 2 is 1.35 bits per heavy atom. The van der Waals surface area contributed by atoms with Crippen LogP contribution < -0.4 is 0 Å². The van der Waals surface area contributed by atoms with Crippen molar-refractivity contribution >= 4 is 0 Å². The summed E-state index contributed by atoms with van der Waals surface area (Å²) < 4.78 is 0. The molecule has 0 saturated heterocycles. The second kappa shape index (κ2) is 6.55. The Morgan fingerprint density at radius 3 is 1.65 bits per heavy atom. The molecule has 0 aromatic carbocycles. The van der Waals surface area contributed by atoms with Crippen LogP contribution in [0.25, 0.3) is 0 Å². The summed E-state index contributed by atoms with van der Waals surface area (Å²) in [5.74, 6) is 0.898. The van der Waals surface area contributed by atoms with E-state index in [1.54, 1.807) is 24.9 Å². The van der Waals surface area contributed by atoms with E-state index in [1.807, 2.05) is 12.1 Å². The van der Waals surface area contributed by atoms with Crippen molar-refractivity contribution in [1.29, 1.82) is 0 Å². The Hall–Kier alpha value is -1.84. The highest BCUT2D eigenvalue weighted by molar-refractivity contribution is 5.09. The van der Waals surface area contributed by atoms with E-state index in [1.165, 1.54) is 0 Å². The van der Waals surface area contributed by atoms with Crippen molar-refractivity contribution in [2.24, 2.45) is 0 Å². The highest BCUT2D eigenvalue weighted by atomic mass is 14.9. The fourth-order valence-corrected chi connectivity index (χ4v) is 1.42. The average Bonchev–Trinajstić information content (AvgIpc) is 2.40. The van der Waals surface area contributed by atoms with Gasteiger partial charge in [0.25, 0.3) is 0 Å². The molecule has 4 nitrogen and oxygen atoms in total. The first-order valence-corrected chi connectivity index (χ1v) is 6.75. The predicted octanol–water partition coefficient (Wildman–Crippen LogP) is 3.55. The Kier molecular flexibility index (Phi) is 5.31. The fraction of sp³-hybridized carbons (Fsp3) is 0.500. The molecule has 0 fully saturated rings. The molecular weight excluding hydrogens is 248 g/mol. The monoisotopic (exact) mass is 272 g/mol. The minimum absolute atomic E-state index is 0.0707. The smallest absolute Gasteiger partial charge is 0.133 e. The Bertz CT molecular complexity index is 446. The SMILES string of the molecule is CC(C)(C)c1ccncn1.CC(C)(C)c1ncccn1. The number of hydrogen-bond acceptors (Lipinski definition) is 4. The van der Waals surface area contributed by atoms with Gasteiger partial charge in [0.05, 0.1) is 0 Å². The third kappa shape index (κ3) is 5.43. The molecule has 0 amide bonds. The second-order valence-corrected chi connectivity index (χ2v) is 6.67. The largest absolute Gasteiger partial charge is 0.245 e. The highest BCUT2D eigenvalue weighted by Gasteiger charge is 2.15. The van der Waals surface area contributed by atoms with Crippen molar-refractivity contribution in [3.63, 3.8) is 0 Å². The summed E-state index contributed by atoms with van der Waals surface area (Å²) >= 11 is 0. The van der Waals surface area contributed by atoms with Crippen LogP contribution in [0.1, 0.15) is 53.1 Å². The van der Waals surface area contributed by atoms with E-state index in [4.69, 9.17) is 0 Å². The zero-order chi connectivity index (χ0) is 15.2. The molecule has 2 rings (SSSR count). The van der Waals surface area contributed by atoms with E-state index in [-0.39, 0.29) is 10.8 Å². The molecule has 0 N–H and O–H groups in total. The van der Waals surface area contributed by atoms with Gasteiger partial charge in [-0.05, 0) is 12.1 Å². The summed E-state index contributed by atoms with van der Waals surface area (Å²) in [7, 11) is 0. The molecule has 20 heavy (non-hydrogen) atoms. The Morgan fingerprint density at radius 1 is 0.750 bits per heavy atom. The second-order valence-electron chi connectivity index (χ2n) is 6.67. The Labute approximate surface area is 121 Å². The standard InChI is InChI=1S/2C8H12N2/c1-8(2,3)7-4-5-9-6-10-7;1-8(2,3)7-9-5-4-6-10-7/h2*4-6H,1-3H3. The maximum absolute atomic E-state index is 4.14. The van der Waals surface area contributed by atoms with Crippen LogP contribution in [0, 0.1) is 0 Å². The molecule has 0 atom stereocenters. The number of hydrogen-bond donors (Lipinski definition) is 0. The first kappa shape index (κ1) is 16.2. The van der Waals surface area contributed by atoms with Gasteiger partial charge in [-0.15, -0.1) is 0 Å². The van der Waals surface area contributed by atoms with Gasteiger partial charge in [-0.25, -0.2) is 19.9 Å². The molecule has 108 valence electrons. The minimum Gasteiger partial charge on any atom is -0.245 e. The van der Waals surface area contributed by atoms with Gasteiger partial charge in [-0.2, -0.15) is 0 Å². The van der Waals surface area contributed by atoms with Crippen molar-refractivity contribution in [2.45, 2.75) is 52.4 Å². The van der Waals surface area contributed by atoms with Gasteiger partial charge in [-0.1, -0.05) is 41.5 Å². The summed E-state index contributed by atoms with van der Waals surface area (Å²) in [6, 6.07) is 3.77. The maximum atomic E-state index is 4.14. The van der Waals surface area contributed by atoms with Crippen LogP contribution >= 0.6 is 0 Å². The first-order chi connectivity index (χ1) is 9.21. The first-order valence-electron chi connectivity index (χ1n) is 6.75. The van der Waals surface area contributed by atoms with Gasteiger partial charge < -0.3 is 0 Å². The lowest BCUT2D eigenvalue weighted by Gasteiger charge is -2.16. The molecule has 0 aliphatic rings. The average molecular weight is 272 g/mol. The minimum atomic E-state index is 0.0707. The topological polar surface area (TPSA) is 51.6 Å². The molecule has 0 saturated carbocycles. The van der Waals surface area contributed by atoms with E-state index in [0.717, 1.165) is 11.5 Å². The molecule has 0 bridgehead atoms. The van der Waals surface area contributed by atoms with Crippen LogP contribution in [0.3, 0.4) is 0 Å². The third-order valence-corrected chi connectivity index (χ3v) is 2.59. The fourth-order valence-electron chi connectivity index (χ4n) is 1.42. The number of nitrogens with zero attached hydrogens (tertiary/aromatic N) is 4. The summed E-state index contributed by atoms with van der Waals surface area (Å²) in [5.41, 5.74) is 1.30. The summed E-state index contributed by atoms with van der Waals surface area (Å²) in [6.07, 6.45) is 6.90. The number of aromatic nitrogens is 4. The molecule has 2 aromatic rings. The van der Waals surface area contributed by atoms with Gasteiger partial charge in [0.2, 0.25) is 0 Å². The molecule has 0 aliphatic heterocycles. The maximum Gasteiger partial charge on any atom is 0.133 e. The summed E-state index contributed by atoms with van der Waals surface area (Å²) in [5, 5.41) is 0.